The Morgan fingerprint density at radius 2 is 1.19 bits per heavy atom. The molecule has 122 valence electrons. The number of halogens is 1. The Kier molecular flexibility index (Phi) is 4.55. The Bertz CT molecular complexity index is 972. The standard InChI is InChI=1S/C22H14BClN2/c23-18-11-17(12-19(24)13-18)21-14-20(15-7-3-1-4-8-15)25-22(26-21)16-9-5-2-6-10-16/h1-14H. The van der Waals surface area contributed by atoms with Crippen LogP contribution in [-0.4, -0.2) is 17.8 Å². The molecule has 4 aromatic rings. The minimum atomic E-state index is 0.584. The van der Waals surface area contributed by atoms with Gasteiger partial charge in [-0.2, -0.15) is 0 Å². The molecule has 0 aliphatic carbocycles. The van der Waals surface area contributed by atoms with Crippen LogP contribution in [0, 0.1) is 0 Å². The molecule has 0 atom stereocenters. The van der Waals surface area contributed by atoms with E-state index < -0.39 is 0 Å². The molecule has 0 aliphatic heterocycles. The van der Waals surface area contributed by atoms with Crippen molar-refractivity contribution in [3.8, 4) is 33.9 Å². The summed E-state index contributed by atoms with van der Waals surface area (Å²) in [5, 5.41) is 0.584. The van der Waals surface area contributed by atoms with Crippen molar-refractivity contribution in [1.82, 2.24) is 9.97 Å². The van der Waals surface area contributed by atoms with Crippen LogP contribution in [0.3, 0.4) is 0 Å². The van der Waals surface area contributed by atoms with Crippen molar-refractivity contribution < 1.29 is 0 Å². The van der Waals surface area contributed by atoms with Crippen LogP contribution in [0.1, 0.15) is 0 Å². The van der Waals surface area contributed by atoms with Gasteiger partial charge in [0.25, 0.3) is 0 Å². The summed E-state index contributed by atoms with van der Waals surface area (Å²) < 4.78 is 0. The Hall–Kier alpha value is -2.91. The average molecular weight is 353 g/mol. The molecule has 0 spiro atoms. The van der Waals surface area contributed by atoms with E-state index in [2.05, 4.69) is 0 Å². The zero-order valence-corrected chi connectivity index (χ0v) is 14.7. The van der Waals surface area contributed by atoms with E-state index in [-0.39, 0.29) is 0 Å². The third kappa shape index (κ3) is 3.53. The van der Waals surface area contributed by atoms with E-state index in [9.17, 15) is 0 Å². The van der Waals surface area contributed by atoms with Crippen molar-refractivity contribution in [3.63, 3.8) is 0 Å². The van der Waals surface area contributed by atoms with Crippen LogP contribution in [0.25, 0.3) is 33.9 Å². The second-order valence-electron chi connectivity index (χ2n) is 5.97. The van der Waals surface area contributed by atoms with E-state index in [4.69, 9.17) is 29.4 Å². The van der Waals surface area contributed by atoms with Crippen molar-refractivity contribution >= 4 is 24.9 Å². The molecule has 1 heterocycles. The van der Waals surface area contributed by atoms with Crippen molar-refractivity contribution in [2.45, 2.75) is 0 Å². The first-order valence-corrected chi connectivity index (χ1v) is 8.63. The fraction of sp³-hybridized carbons (Fsp3) is 0. The third-order valence-corrected chi connectivity index (χ3v) is 4.26. The fourth-order valence-electron chi connectivity index (χ4n) is 2.83. The Labute approximate surface area is 158 Å². The van der Waals surface area contributed by atoms with E-state index >= 15 is 0 Å². The minimum absolute atomic E-state index is 0.584. The Morgan fingerprint density at radius 3 is 1.81 bits per heavy atom. The maximum absolute atomic E-state index is 6.19. The molecule has 26 heavy (non-hydrogen) atoms. The highest BCUT2D eigenvalue weighted by molar-refractivity contribution is 6.36. The summed E-state index contributed by atoms with van der Waals surface area (Å²) in [5.74, 6) is 0.667. The quantitative estimate of drug-likeness (QED) is 0.489. The molecule has 0 fully saturated rings. The van der Waals surface area contributed by atoms with E-state index in [1.54, 1.807) is 6.07 Å². The largest absolute Gasteiger partial charge is 0.228 e. The molecule has 2 nitrogen and oxygen atoms in total. The van der Waals surface area contributed by atoms with Gasteiger partial charge in [0.2, 0.25) is 0 Å². The van der Waals surface area contributed by atoms with Crippen molar-refractivity contribution in [2.75, 3.05) is 0 Å². The topological polar surface area (TPSA) is 25.8 Å². The minimum Gasteiger partial charge on any atom is -0.228 e. The number of rotatable bonds is 3. The van der Waals surface area contributed by atoms with Crippen LogP contribution in [0.4, 0.5) is 0 Å². The molecular weight excluding hydrogens is 339 g/mol. The number of hydrogen-bond acceptors (Lipinski definition) is 2. The Morgan fingerprint density at radius 1 is 0.615 bits per heavy atom. The SMILES string of the molecule is [B]c1cc(Cl)cc(-c2cc(-c3ccccc3)nc(-c3ccccc3)n2)c1. The zero-order chi connectivity index (χ0) is 17.9. The van der Waals surface area contributed by atoms with Gasteiger partial charge in [0.15, 0.2) is 5.82 Å². The molecule has 3 aromatic carbocycles. The lowest BCUT2D eigenvalue weighted by molar-refractivity contribution is 1.18. The van der Waals surface area contributed by atoms with Gasteiger partial charge in [0.1, 0.15) is 7.85 Å². The molecule has 0 aliphatic rings. The van der Waals surface area contributed by atoms with E-state index in [0.29, 0.717) is 16.3 Å². The molecule has 4 heteroatoms. The number of benzene rings is 3. The van der Waals surface area contributed by atoms with Crippen LogP contribution < -0.4 is 5.46 Å². The highest BCUT2D eigenvalue weighted by atomic mass is 35.5. The highest BCUT2D eigenvalue weighted by Crippen LogP contribution is 2.28. The lowest BCUT2D eigenvalue weighted by atomic mass is 9.93. The maximum atomic E-state index is 6.19. The molecular formula is C22H14BClN2. The smallest absolute Gasteiger partial charge is 0.160 e. The van der Waals surface area contributed by atoms with Crippen LogP contribution in [0.15, 0.2) is 84.9 Å². The summed E-state index contributed by atoms with van der Waals surface area (Å²) in [7, 11) is 5.97. The first-order valence-electron chi connectivity index (χ1n) is 8.25. The van der Waals surface area contributed by atoms with Crippen LogP contribution in [-0.2, 0) is 0 Å². The average Bonchev–Trinajstić information content (AvgIpc) is 2.68. The second kappa shape index (κ2) is 7.15. The normalized spacial score (nSPS) is 10.7. The van der Waals surface area contributed by atoms with Crippen molar-refractivity contribution in [3.05, 3.63) is 90.0 Å². The fourth-order valence-corrected chi connectivity index (χ4v) is 3.07. The van der Waals surface area contributed by atoms with Gasteiger partial charge in [-0.15, -0.1) is 0 Å². The van der Waals surface area contributed by atoms with Gasteiger partial charge >= 0.3 is 0 Å². The summed E-state index contributed by atoms with van der Waals surface area (Å²) in [6.45, 7) is 0. The van der Waals surface area contributed by atoms with E-state index in [0.717, 1.165) is 28.1 Å². The summed E-state index contributed by atoms with van der Waals surface area (Å²) in [6, 6.07) is 27.4. The van der Waals surface area contributed by atoms with E-state index in [1.807, 2.05) is 78.9 Å². The van der Waals surface area contributed by atoms with Crippen LogP contribution in [0.2, 0.25) is 5.02 Å². The number of aromatic nitrogens is 2. The molecule has 4 rings (SSSR count). The van der Waals surface area contributed by atoms with Gasteiger partial charge < -0.3 is 0 Å². The first-order chi connectivity index (χ1) is 12.7. The van der Waals surface area contributed by atoms with Crippen molar-refractivity contribution in [1.29, 1.82) is 0 Å². The van der Waals surface area contributed by atoms with Crippen LogP contribution in [0.5, 0.6) is 0 Å². The van der Waals surface area contributed by atoms with Gasteiger partial charge in [-0.1, -0.05) is 89.9 Å². The summed E-state index contributed by atoms with van der Waals surface area (Å²) >= 11 is 6.19. The molecule has 0 amide bonds. The predicted molar refractivity (Wildman–Crippen MR) is 109 cm³/mol. The van der Waals surface area contributed by atoms with Crippen LogP contribution >= 0.6 is 11.6 Å². The monoisotopic (exact) mass is 352 g/mol. The lowest BCUT2D eigenvalue weighted by Crippen LogP contribution is -2.03. The summed E-state index contributed by atoms with van der Waals surface area (Å²) in [6.07, 6.45) is 0. The lowest BCUT2D eigenvalue weighted by Gasteiger charge is -2.10. The molecule has 0 saturated carbocycles. The first kappa shape index (κ1) is 16.6. The zero-order valence-electron chi connectivity index (χ0n) is 13.9. The predicted octanol–water partition coefficient (Wildman–Crippen LogP) is 4.92. The van der Waals surface area contributed by atoms with Gasteiger partial charge in [-0.25, -0.2) is 9.97 Å². The number of nitrogens with zero attached hydrogens (tertiary/aromatic N) is 2. The van der Waals surface area contributed by atoms with Crippen molar-refractivity contribution in [2.24, 2.45) is 0 Å². The molecule has 0 N–H and O–H groups in total. The molecule has 0 saturated heterocycles. The molecule has 0 unspecified atom stereocenters. The third-order valence-electron chi connectivity index (χ3n) is 4.04. The second-order valence-corrected chi connectivity index (χ2v) is 6.40. The van der Waals surface area contributed by atoms with E-state index in [1.165, 1.54) is 0 Å². The highest BCUT2D eigenvalue weighted by Gasteiger charge is 2.11. The summed E-state index contributed by atoms with van der Waals surface area (Å²) in [5.41, 5.74) is 5.10. The summed E-state index contributed by atoms with van der Waals surface area (Å²) in [4.78, 5) is 9.53. The van der Waals surface area contributed by atoms with Gasteiger partial charge in [0.05, 0.1) is 11.4 Å². The van der Waals surface area contributed by atoms with Gasteiger partial charge in [-0.05, 0) is 12.1 Å². The molecule has 1 aromatic heterocycles. The van der Waals surface area contributed by atoms with Gasteiger partial charge in [0, 0.05) is 21.7 Å². The molecule has 2 radical (unpaired) electrons. The molecule has 0 bridgehead atoms. The number of hydrogen-bond donors (Lipinski definition) is 0. The van der Waals surface area contributed by atoms with Gasteiger partial charge in [-0.3, -0.25) is 0 Å². The Balaban J connectivity index is 1.93. The maximum Gasteiger partial charge on any atom is 0.160 e.